The normalized spacial score (nSPS) is 0. The fraction of sp³-hybridized carbons (Fsp3) is 0. The fourth-order valence-electron chi connectivity index (χ4n) is 0. The van der Waals surface area contributed by atoms with E-state index in [0.29, 0.717) is 0 Å². The van der Waals surface area contributed by atoms with E-state index in [1.54, 1.807) is 0 Å². The van der Waals surface area contributed by atoms with Gasteiger partial charge in [-0.05, 0) is 0 Å². The van der Waals surface area contributed by atoms with Crippen LogP contribution in [0.3, 0.4) is 0 Å². The molecule has 0 saturated heterocycles. The molecule has 0 aliphatic rings. The van der Waals surface area contributed by atoms with Gasteiger partial charge in [-0.1, -0.05) is 0 Å². The molecule has 4 heteroatoms. The summed E-state index contributed by atoms with van der Waals surface area (Å²) in [6.45, 7) is 0. The van der Waals surface area contributed by atoms with Crippen molar-refractivity contribution in [2.75, 3.05) is 0 Å². The smallest absolute Gasteiger partial charge is 2.00 e. The Kier molecular flexibility index (Phi) is 212. The summed E-state index contributed by atoms with van der Waals surface area (Å²) in [7, 11) is 0. The van der Waals surface area contributed by atoms with Crippen molar-refractivity contribution >= 4 is 23.1 Å². The molecule has 0 rings (SSSR count). The number of hydrogen-bond donors (Lipinski definition) is 0. The van der Waals surface area contributed by atoms with E-state index in [1.807, 2.05) is 0 Å². The van der Waals surface area contributed by atoms with Crippen LogP contribution < -0.4 is 18.9 Å². The van der Waals surface area contributed by atoms with Gasteiger partial charge >= 0.3 is 41.9 Å². The Morgan fingerprint density at radius 3 is 1.25 bits per heavy atom. The van der Waals surface area contributed by atoms with Crippen molar-refractivity contribution in [2.45, 2.75) is 0 Å². The average Bonchev–Trinajstić information content (AvgIpc) is 0. The first-order valence-corrected chi connectivity index (χ1v) is 0. The van der Waals surface area contributed by atoms with E-state index in [1.165, 1.54) is 0 Å². The monoisotopic (exact) mass is 104 g/mol. The topological polar surface area (TPSA) is 28.5 Å². The molecule has 4 heavy (non-hydrogen) atoms. The quantitative estimate of drug-likeness (QED) is 0.287. The first-order chi connectivity index (χ1) is 0. The Labute approximate surface area is 65.5 Å². The molecular weight excluding hydrogens is 103 g/mol. The van der Waals surface area contributed by atoms with E-state index < -0.39 is 0 Å². The van der Waals surface area contributed by atoms with Crippen molar-refractivity contribution in [2.24, 2.45) is 0 Å². The van der Waals surface area contributed by atoms with Gasteiger partial charge in [0.2, 0.25) is 0 Å². The molecule has 0 saturated carbocycles. The van der Waals surface area contributed by atoms with Crippen molar-refractivity contribution in [1.29, 1.82) is 0 Å². The van der Waals surface area contributed by atoms with Gasteiger partial charge < -0.3 is 6.90 Å². The molecule has 1 nitrogen and oxygen atoms in total. The molecule has 0 bridgehead atoms. The van der Waals surface area contributed by atoms with E-state index in [0.717, 1.165) is 0 Å². The maximum atomic E-state index is 0. The summed E-state index contributed by atoms with van der Waals surface area (Å²) < 4.78 is 0. The Morgan fingerprint density at radius 2 is 1.25 bits per heavy atom. The standard InChI is InChI=1S/Fe.Li.Mg.O.H/q;+1;+2;-2;-1. The van der Waals surface area contributed by atoms with Gasteiger partial charge in [-0.3, -0.25) is 0 Å². The van der Waals surface area contributed by atoms with Gasteiger partial charge in [0, 0.05) is 17.1 Å². The molecule has 0 aromatic heterocycles. The van der Waals surface area contributed by atoms with Crippen LogP contribution in [0.15, 0.2) is 0 Å². The Hall–Kier alpha value is 1.84. The molecule has 0 aliphatic carbocycles. The molecule has 0 atom stereocenters. The van der Waals surface area contributed by atoms with Gasteiger partial charge in [-0.2, -0.15) is 0 Å². The molecule has 0 fully saturated rings. The van der Waals surface area contributed by atoms with Crippen LogP contribution in [0.5, 0.6) is 0 Å². The van der Waals surface area contributed by atoms with E-state index in [-0.39, 0.29) is 65.9 Å². The van der Waals surface area contributed by atoms with Crippen LogP contribution in [0.25, 0.3) is 0 Å². The zero-order valence-corrected chi connectivity index (χ0v) is 4.99. The van der Waals surface area contributed by atoms with Crippen molar-refractivity contribution in [3.63, 3.8) is 0 Å². The third kappa shape index (κ3) is 9.14. The third-order valence-electron chi connectivity index (χ3n) is 0. The van der Waals surface area contributed by atoms with E-state index in [9.17, 15) is 0 Å². The third-order valence-corrected chi connectivity index (χ3v) is 0. The van der Waals surface area contributed by atoms with Gasteiger partial charge in [0.15, 0.2) is 0 Å². The molecule has 0 aromatic carbocycles. The zero-order valence-electron chi connectivity index (χ0n) is 3.47. The molecule has 0 unspecified atom stereocenters. The molecule has 0 aliphatic heterocycles. The van der Waals surface area contributed by atoms with Crippen LogP contribution in [-0.4, -0.2) is 23.1 Å². The summed E-state index contributed by atoms with van der Waals surface area (Å²) in [4.78, 5) is 0. The van der Waals surface area contributed by atoms with Gasteiger partial charge in [0.1, 0.15) is 0 Å². The minimum absolute atomic E-state index is 0. The van der Waals surface area contributed by atoms with Crippen LogP contribution in [-0.2, 0) is 22.5 Å². The van der Waals surface area contributed by atoms with Gasteiger partial charge in [0.05, 0.1) is 0 Å². The van der Waals surface area contributed by atoms with Crippen LogP contribution in [0.4, 0.5) is 0 Å². The predicted molar refractivity (Wildman–Crippen MR) is 7.55 cm³/mol. The first kappa shape index (κ1) is 40.3. The second kappa shape index (κ2) is 21.1. The summed E-state index contributed by atoms with van der Waals surface area (Å²) >= 11 is 0. The molecule has 0 amide bonds. The summed E-state index contributed by atoms with van der Waals surface area (Å²) in [5.74, 6) is 0. The molecule has 0 heterocycles. The summed E-state index contributed by atoms with van der Waals surface area (Å²) in [5.41, 5.74) is 0. The summed E-state index contributed by atoms with van der Waals surface area (Å²) in [6.07, 6.45) is 0. The van der Waals surface area contributed by atoms with Gasteiger partial charge in [-0.15, -0.1) is 0 Å². The minimum Gasteiger partial charge on any atom is -2.00 e. The van der Waals surface area contributed by atoms with Crippen molar-refractivity contribution in [1.82, 2.24) is 0 Å². The number of hydrogen-bond acceptors (Lipinski definition) is 0. The maximum Gasteiger partial charge on any atom is 2.00 e. The molecule has 0 N–H and O–H groups in total. The van der Waals surface area contributed by atoms with Crippen LogP contribution in [0.1, 0.15) is 1.43 Å². The molecular formula is HFeLiMgO. The predicted octanol–water partition coefficient (Wildman–Crippen LogP) is -3.39. The number of rotatable bonds is 0. The van der Waals surface area contributed by atoms with E-state index >= 15 is 0 Å². The second-order valence-electron chi connectivity index (χ2n) is 0. The van der Waals surface area contributed by atoms with Gasteiger partial charge in [-0.25, -0.2) is 0 Å². The molecule has 18 valence electrons. The Morgan fingerprint density at radius 1 is 1.25 bits per heavy atom. The summed E-state index contributed by atoms with van der Waals surface area (Å²) in [5, 5.41) is 0. The summed E-state index contributed by atoms with van der Waals surface area (Å²) in [6, 6.07) is 0. The molecule has 0 aromatic rings. The Balaban J connectivity index is 0. The SMILES string of the molecule is [Fe].[H-].[Li+].[Mg+2].[O-2]. The Bertz CT molecular complexity index is 11.6. The minimum atomic E-state index is 0. The van der Waals surface area contributed by atoms with Crippen molar-refractivity contribution in [3.8, 4) is 0 Å². The van der Waals surface area contributed by atoms with E-state index in [2.05, 4.69) is 0 Å². The largest absolute Gasteiger partial charge is 2.00 e. The van der Waals surface area contributed by atoms with Crippen LogP contribution in [0.2, 0.25) is 0 Å². The van der Waals surface area contributed by atoms with Crippen LogP contribution in [0, 0.1) is 0 Å². The van der Waals surface area contributed by atoms with Crippen molar-refractivity contribution < 1.29 is 42.8 Å². The van der Waals surface area contributed by atoms with Crippen LogP contribution >= 0.6 is 0 Å². The zero-order chi connectivity index (χ0) is 0. The average molecular weight is 104 g/mol. The van der Waals surface area contributed by atoms with Crippen molar-refractivity contribution in [3.05, 3.63) is 0 Å². The maximum absolute atomic E-state index is 0. The molecule has 0 spiro atoms. The van der Waals surface area contributed by atoms with Gasteiger partial charge in [0.25, 0.3) is 0 Å². The fourth-order valence-corrected chi connectivity index (χ4v) is 0. The molecule has 0 radical (unpaired) electrons. The second-order valence-corrected chi connectivity index (χ2v) is 0. The van der Waals surface area contributed by atoms with E-state index in [4.69, 9.17) is 0 Å². The first-order valence-electron chi connectivity index (χ1n) is 0.